The van der Waals surface area contributed by atoms with Gasteiger partial charge in [-0.2, -0.15) is 9.13 Å². The molecule has 4 nitrogen and oxygen atoms in total. The second-order valence-electron chi connectivity index (χ2n) is 8.94. The largest absolute Gasteiger partial charge is 0.398 e. The standard InChI is InChI=1S/C28H34N4/c1-21-19-25(29)23-13-7-9-15-27(23)31(21)17-11-5-3-4-6-12-18-32-22(2)20-26(30)24-14-8-10-16-28(24)32/h7-10,13-16,19-20,29-30H,3-6,11-12,17-18H2,1-2H3/p+2. The highest BCUT2D eigenvalue weighted by molar-refractivity contribution is 5.88. The zero-order valence-electron chi connectivity index (χ0n) is 19.5. The number of nitrogen functional groups attached to an aromatic ring is 2. The molecule has 0 radical (unpaired) electrons. The molecular formula is C28H36N4+2. The maximum absolute atomic E-state index is 6.22. The van der Waals surface area contributed by atoms with Gasteiger partial charge in [0.15, 0.2) is 11.4 Å². The highest BCUT2D eigenvalue weighted by Gasteiger charge is 2.16. The number of para-hydroxylation sites is 2. The summed E-state index contributed by atoms with van der Waals surface area (Å²) in [5, 5.41) is 2.31. The minimum atomic E-state index is 0.872. The minimum absolute atomic E-state index is 0.872. The number of anilines is 2. The Balaban J connectivity index is 1.24. The second kappa shape index (κ2) is 9.99. The summed E-state index contributed by atoms with van der Waals surface area (Å²) in [6, 6.07) is 21.1. The molecule has 2 aromatic heterocycles. The molecule has 32 heavy (non-hydrogen) atoms. The molecule has 0 unspecified atom stereocenters. The molecule has 4 aromatic rings. The van der Waals surface area contributed by atoms with E-state index < -0.39 is 0 Å². The van der Waals surface area contributed by atoms with Gasteiger partial charge >= 0.3 is 0 Å². The Morgan fingerprint density at radius 1 is 0.562 bits per heavy atom. The molecule has 0 amide bonds. The Morgan fingerprint density at radius 3 is 1.38 bits per heavy atom. The Kier molecular flexibility index (Phi) is 6.89. The van der Waals surface area contributed by atoms with Crippen molar-refractivity contribution in [1.29, 1.82) is 0 Å². The van der Waals surface area contributed by atoms with Crippen molar-refractivity contribution in [2.24, 2.45) is 0 Å². The molecule has 4 heteroatoms. The van der Waals surface area contributed by atoms with Crippen molar-refractivity contribution < 1.29 is 9.13 Å². The molecular weight excluding hydrogens is 392 g/mol. The molecule has 0 aliphatic heterocycles. The first-order valence-electron chi connectivity index (χ1n) is 11.9. The summed E-state index contributed by atoms with van der Waals surface area (Å²) in [6.07, 6.45) is 7.52. The van der Waals surface area contributed by atoms with Crippen LogP contribution < -0.4 is 20.6 Å². The number of nitrogens with two attached hydrogens (primary N) is 2. The van der Waals surface area contributed by atoms with Crippen molar-refractivity contribution in [3.05, 3.63) is 72.1 Å². The van der Waals surface area contributed by atoms with Gasteiger partial charge in [0.25, 0.3) is 0 Å². The van der Waals surface area contributed by atoms with Crippen molar-refractivity contribution in [3.8, 4) is 0 Å². The van der Waals surface area contributed by atoms with E-state index in [1.54, 1.807) is 0 Å². The maximum atomic E-state index is 6.22. The predicted molar refractivity (Wildman–Crippen MR) is 134 cm³/mol. The molecule has 0 atom stereocenters. The number of hydrogen-bond acceptors (Lipinski definition) is 2. The monoisotopic (exact) mass is 428 g/mol. The molecule has 0 aliphatic rings. The number of benzene rings is 2. The van der Waals surface area contributed by atoms with E-state index in [-0.39, 0.29) is 0 Å². The van der Waals surface area contributed by atoms with E-state index in [0.717, 1.165) is 35.2 Å². The van der Waals surface area contributed by atoms with Crippen LogP contribution in [0.25, 0.3) is 21.8 Å². The molecule has 0 aliphatic carbocycles. The first-order valence-corrected chi connectivity index (χ1v) is 11.9. The topological polar surface area (TPSA) is 59.8 Å². The fourth-order valence-electron chi connectivity index (χ4n) is 4.89. The van der Waals surface area contributed by atoms with Crippen LogP contribution in [0.15, 0.2) is 60.7 Å². The number of hydrogen-bond donors (Lipinski definition) is 2. The number of pyridine rings is 2. The average Bonchev–Trinajstić information content (AvgIpc) is 2.79. The molecule has 166 valence electrons. The van der Waals surface area contributed by atoms with E-state index in [2.05, 4.69) is 83.6 Å². The number of unbranched alkanes of at least 4 members (excludes halogenated alkanes) is 5. The quantitative estimate of drug-likeness (QED) is 0.277. The first kappa shape index (κ1) is 22.1. The van der Waals surface area contributed by atoms with Gasteiger partial charge in [-0.25, -0.2) is 0 Å². The zero-order valence-corrected chi connectivity index (χ0v) is 19.5. The molecule has 2 heterocycles. The van der Waals surface area contributed by atoms with Gasteiger partial charge in [-0.1, -0.05) is 37.1 Å². The third-order valence-corrected chi connectivity index (χ3v) is 6.61. The fraction of sp³-hybridized carbons (Fsp3) is 0.357. The van der Waals surface area contributed by atoms with E-state index in [9.17, 15) is 0 Å². The summed E-state index contributed by atoms with van der Waals surface area (Å²) in [7, 11) is 0. The summed E-state index contributed by atoms with van der Waals surface area (Å²) >= 11 is 0. The van der Waals surface area contributed by atoms with Crippen molar-refractivity contribution in [1.82, 2.24) is 0 Å². The number of aromatic nitrogens is 2. The van der Waals surface area contributed by atoms with Crippen LogP contribution in [0.4, 0.5) is 11.4 Å². The summed E-state index contributed by atoms with van der Waals surface area (Å²) in [4.78, 5) is 0. The Bertz CT molecular complexity index is 1130. The van der Waals surface area contributed by atoms with Crippen LogP contribution in [-0.4, -0.2) is 0 Å². The highest BCUT2D eigenvalue weighted by Crippen LogP contribution is 2.20. The van der Waals surface area contributed by atoms with Crippen molar-refractivity contribution in [3.63, 3.8) is 0 Å². The van der Waals surface area contributed by atoms with Gasteiger partial charge in [-0.3, -0.25) is 0 Å². The van der Waals surface area contributed by atoms with Gasteiger partial charge in [0.2, 0.25) is 11.0 Å². The van der Waals surface area contributed by atoms with Crippen LogP contribution in [0, 0.1) is 13.8 Å². The Hall–Kier alpha value is -3.14. The summed E-state index contributed by atoms with van der Waals surface area (Å²) in [6.45, 7) is 6.42. The van der Waals surface area contributed by atoms with Gasteiger partial charge < -0.3 is 11.5 Å². The van der Waals surface area contributed by atoms with Gasteiger partial charge in [-0.15, -0.1) is 0 Å². The fourth-order valence-corrected chi connectivity index (χ4v) is 4.89. The lowest BCUT2D eigenvalue weighted by Crippen LogP contribution is -2.38. The molecule has 0 fully saturated rings. The van der Waals surface area contributed by atoms with E-state index in [1.807, 2.05) is 0 Å². The lowest BCUT2D eigenvalue weighted by atomic mass is 10.1. The molecule has 2 aromatic carbocycles. The molecule has 0 saturated heterocycles. The number of rotatable bonds is 9. The lowest BCUT2D eigenvalue weighted by molar-refractivity contribution is -0.678. The van der Waals surface area contributed by atoms with Crippen molar-refractivity contribution in [2.75, 3.05) is 11.5 Å². The van der Waals surface area contributed by atoms with E-state index >= 15 is 0 Å². The molecule has 4 rings (SSSR count). The van der Waals surface area contributed by atoms with Crippen LogP contribution in [0.3, 0.4) is 0 Å². The Labute approximate surface area is 191 Å². The lowest BCUT2D eigenvalue weighted by Gasteiger charge is -2.08. The Morgan fingerprint density at radius 2 is 0.938 bits per heavy atom. The molecule has 0 bridgehead atoms. The normalized spacial score (nSPS) is 11.4. The van der Waals surface area contributed by atoms with Crippen LogP contribution in [0.2, 0.25) is 0 Å². The maximum Gasteiger partial charge on any atom is 0.214 e. The van der Waals surface area contributed by atoms with E-state index in [1.165, 1.54) is 60.9 Å². The van der Waals surface area contributed by atoms with E-state index in [4.69, 9.17) is 11.5 Å². The van der Waals surface area contributed by atoms with Crippen LogP contribution in [0.1, 0.15) is 49.9 Å². The third-order valence-electron chi connectivity index (χ3n) is 6.61. The summed E-state index contributed by atoms with van der Waals surface area (Å²) < 4.78 is 4.83. The summed E-state index contributed by atoms with van der Waals surface area (Å²) in [5.74, 6) is 0. The zero-order chi connectivity index (χ0) is 22.5. The van der Waals surface area contributed by atoms with Crippen molar-refractivity contribution in [2.45, 2.75) is 65.5 Å². The molecule has 4 N–H and O–H groups in total. The third kappa shape index (κ3) is 4.69. The van der Waals surface area contributed by atoms with Gasteiger partial charge in [-0.05, 0) is 25.0 Å². The van der Waals surface area contributed by atoms with Crippen LogP contribution in [0.5, 0.6) is 0 Å². The van der Waals surface area contributed by atoms with Gasteiger partial charge in [0.05, 0.1) is 22.1 Å². The average molecular weight is 429 g/mol. The molecule has 0 spiro atoms. The second-order valence-corrected chi connectivity index (χ2v) is 8.94. The SMILES string of the molecule is Cc1cc(N)c2ccccc2[n+]1CCCCCCCC[n+]1c(C)cc(N)c2ccccc21. The predicted octanol–water partition coefficient (Wildman–Crippen LogP) is 5.39. The van der Waals surface area contributed by atoms with Crippen LogP contribution >= 0.6 is 0 Å². The molecule has 0 saturated carbocycles. The van der Waals surface area contributed by atoms with E-state index in [0.29, 0.717) is 0 Å². The first-order chi connectivity index (χ1) is 15.6. The van der Waals surface area contributed by atoms with Crippen LogP contribution in [-0.2, 0) is 13.1 Å². The van der Waals surface area contributed by atoms with Gasteiger partial charge in [0, 0.05) is 51.0 Å². The number of nitrogens with zero attached hydrogens (tertiary/aromatic N) is 2. The smallest absolute Gasteiger partial charge is 0.214 e. The van der Waals surface area contributed by atoms with Gasteiger partial charge in [0.1, 0.15) is 13.1 Å². The van der Waals surface area contributed by atoms with Crippen molar-refractivity contribution >= 4 is 33.2 Å². The number of fused-ring (bicyclic) bond motifs is 2. The highest BCUT2D eigenvalue weighted by atomic mass is 15.0. The number of aryl methyl sites for hydroxylation is 4. The minimum Gasteiger partial charge on any atom is -0.398 e. The summed E-state index contributed by atoms with van der Waals surface area (Å²) in [5.41, 5.74) is 19.1.